The van der Waals surface area contributed by atoms with Crippen LogP contribution in [0, 0.1) is 0 Å². The fourth-order valence-electron chi connectivity index (χ4n) is 2.74. The zero-order valence-electron chi connectivity index (χ0n) is 14.3. The number of barbiturate groups is 1. The largest absolute Gasteiger partial charge is 0.467 e. The van der Waals surface area contributed by atoms with E-state index in [9.17, 15) is 14.4 Å². The number of benzene rings is 1. The molecule has 4 amide bonds. The van der Waals surface area contributed by atoms with Crippen LogP contribution in [-0.2, 0) is 16.1 Å². The molecule has 1 aromatic carbocycles. The van der Waals surface area contributed by atoms with Crippen molar-refractivity contribution in [2.24, 2.45) is 0 Å². The van der Waals surface area contributed by atoms with Crippen LogP contribution in [-0.4, -0.2) is 22.7 Å². The first-order chi connectivity index (χ1) is 13.5. The third kappa shape index (κ3) is 3.54. The van der Waals surface area contributed by atoms with Crippen molar-refractivity contribution in [3.05, 3.63) is 76.4 Å². The average Bonchev–Trinajstić information content (AvgIpc) is 3.35. The molecule has 0 unspecified atom stereocenters. The number of hydrogen-bond donors (Lipinski definition) is 1. The Labute approximate surface area is 167 Å². The maximum Gasteiger partial charge on any atom is 0.331 e. The SMILES string of the molecule is O=C1NC(=O)N(Cc2ccco2)C(=O)/C1=C/c1ccc(-c2ccc(Br)cc2)o1. The van der Waals surface area contributed by atoms with Crippen LogP contribution < -0.4 is 5.32 Å². The number of amides is 4. The van der Waals surface area contributed by atoms with Gasteiger partial charge in [0.1, 0.15) is 22.9 Å². The minimum atomic E-state index is -0.793. The number of nitrogens with one attached hydrogen (secondary N) is 1. The molecular formula is C20H13BrN2O5. The molecule has 0 radical (unpaired) electrons. The summed E-state index contributed by atoms with van der Waals surface area (Å²) in [7, 11) is 0. The highest BCUT2D eigenvalue weighted by atomic mass is 79.9. The molecule has 1 N–H and O–H groups in total. The minimum Gasteiger partial charge on any atom is -0.467 e. The van der Waals surface area contributed by atoms with E-state index in [-0.39, 0.29) is 12.1 Å². The van der Waals surface area contributed by atoms with Crippen molar-refractivity contribution in [3.63, 3.8) is 0 Å². The van der Waals surface area contributed by atoms with Gasteiger partial charge in [0.05, 0.1) is 12.8 Å². The monoisotopic (exact) mass is 440 g/mol. The lowest BCUT2D eigenvalue weighted by molar-refractivity contribution is -0.130. The molecule has 0 atom stereocenters. The zero-order chi connectivity index (χ0) is 19.7. The summed E-state index contributed by atoms with van der Waals surface area (Å²) in [4.78, 5) is 37.8. The van der Waals surface area contributed by atoms with Gasteiger partial charge in [0.25, 0.3) is 11.8 Å². The van der Waals surface area contributed by atoms with E-state index >= 15 is 0 Å². The Bertz CT molecular complexity index is 1080. The van der Waals surface area contributed by atoms with E-state index in [1.807, 2.05) is 24.3 Å². The summed E-state index contributed by atoms with van der Waals surface area (Å²) >= 11 is 3.37. The van der Waals surface area contributed by atoms with Gasteiger partial charge in [-0.05, 0) is 42.5 Å². The van der Waals surface area contributed by atoms with Crippen molar-refractivity contribution in [1.82, 2.24) is 10.2 Å². The van der Waals surface area contributed by atoms with Crippen LogP contribution in [0.2, 0.25) is 0 Å². The van der Waals surface area contributed by atoms with Gasteiger partial charge < -0.3 is 8.83 Å². The average molecular weight is 441 g/mol. The second-order valence-corrected chi connectivity index (χ2v) is 6.91. The molecule has 4 rings (SSSR count). The lowest BCUT2D eigenvalue weighted by atomic mass is 10.1. The van der Waals surface area contributed by atoms with Crippen LogP contribution in [0.15, 0.2) is 73.7 Å². The molecular weight excluding hydrogens is 428 g/mol. The van der Waals surface area contributed by atoms with Crippen LogP contribution in [0.5, 0.6) is 0 Å². The van der Waals surface area contributed by atoms with Crippen molar-refractivity contribution < 1.29 is 23.2 Å². The first kappa shape index (κ1) is 18.0. The summed E-state index contributed by atoms with van der Waals surface area (Å²) in [5.41, 5.74) is 0.657. The topological polar surface area (TPSA) is 92.8 Å². The highest BCUT2D eigenvalue weighted by molar-refractivity contribution is 9.10. The highest BCUT2D eigenvalue weighted by Crippen LogP contribution is 2.26. The predicted molar refractivity (Wildman–Crippen MR) is 103 cm³/mol. The number of imide groups is 2. The Hall–Kier alpha value is -3.39. The van der Waals surface area contributed by atoms with Gasteiger partial charge >= 0.3 is 6.03 Å². The lowest BCUT2D eigenvalue weighted by Crippen LogP contribution is -2.53. The summed E-state index contributed by atoms with van der Waals surface area (Å²) in [6, 6.07) is 13.4. The molecule has 0 spiro atoms. The molecule has 3 aromatic rings. The molecule has 0 saturated carbocycles. The smallest absolute Gasteiger partial charge is 0.331 e. The maximum absolute atomic E-state index is 12.7. The number of hydrogen-bond acceptors (Lipinski definition) is 5. The van der Waals surface area contributed by atoms with Crippen LogP contribution in [0.4, 0.5) is 4.79 Å². The molecule has 28 heavy (non-hydrogen) atoms. The van der Waals surface area contributed by atoms with Gasteiger partial charge in [0.15, 0.2) is 0 Å². The zero-order valence-corrected chi connectivity index (χ0v) is 15.9. The Morgan fingerprint density at radius 3 is 2.54 bits per heavy atom. The van der Waals surface area contributed by atoms with Crippen molar-refractivity contribution >= 4 is 39.9 Å². The standard InChI is InChI=1S/C20H13BrN2O5/c21-13-5-3-12(4-6-13)17-8-7-14(28-17)10-16-18(24)22-20(26)23(19(16)25)11-15-2-1-9-27-15/h1-10H,11H2,(H,22,24,26)/b16-10+. The molecule has 1 saturated heterocycles. The van der Waals surface area contributed by atoms with E-state index in [1.54, 1.807) is 24.3 Å². The quantitative estimate of drug-likeness (QED) is 0.489. The number of rotatable bonds is 4. The van der Waals surface area contributed by atoms with E-state index in [0.29, 0.717) is 17.3 Å². The molecule has 0 bridgehead atoms. The molecule has 2 aromatic heterocycles. The number of nitrogens with zero attached hydrogens (tertiary/aromatic N) is 1. The number of urea groups is 1. The third-order valence-corrected chi connectivity index (χ3v) is 4.65. The van der Waals surface area contributed by atoms with Gasteiger partial charge in [0.2, 0.25) is 0 Å². The fourth-order valence-corrected chi connectivity index (χ4v) is 3.00. The summed E-state index contributed by atoms with van der Waals surface area (Å²) in [6.45, 7) is -0.0788. The van der Waals surface area contributed by atoms with Crippen LogP contribution in [0.1, 0.15) is 11.5 Å². The van der Waals surface area contributed by atoms with Gasteiger partial charge in [-0.15, -0.1) is 0 Å². The summed E-state index contributed by atoms with van der Waals surface area (Å²) < 4.78 is 11.8. The summed E-state index contributed by atoms with van der Waals surface area (Å²) in [5.74, 6) is -0.151. The summed E-state index contributed by atoms with van der Waals surface area (Å²) in [5, 5.41) is 2.16. The molecule has 8 heteroatoms. The van der Waals surface area contributed by atoms with Crippen molar-refractivity contribution in [1.29, 1.82) is 0 Å². The Morgan fingerprint density at radius 1 is 1.04 bits per heavy atom. The highest BCUT2D eigenvalue weighted by Gasteiger charge is 2.36. The van der Waals surface area contributed by atoms with Gasteiger partial charge in [-0.2, -0.15) is 0 Å². The molecule has 3 heterocycles. The molecule has 1 aliphatic rings. The Balaban J connectivity index is 1.61. The van der Waals surface area contributed by atoms with Crippen molar-refractivity contribution in [2.75, 3.05) is 0 Å². The van der Waals surface area contributed by atoms with E-state index in [4.69, 9.17) is 8.83 Å². The minimum absolute atomic E-state index is 0.0788. The molecule has 0 aliphatic carbocycles. The number of furan rings is 2. The van der Waals surface area contributed by atoms with Gasteiger partial charge in [-0.3, -0.25) is 19.8 Å². The molecule has 140 valence electrons. The number of carbonyl (C=O) groups is 3. The molecule has 7 nitrogen and oxygen atoms in total. The predicted octanol–water partition coefficient (Wildman–Crippen LogP) is 3.96. The van der Waals surface area contributed by atoms with E-state index < -0.39 is 17.8 Å². The van der Waals surface area contributed by atoms with E-state index in [2.05, 4.69) is 21.2 Å². The molecule has 1 fully saturated rings. The first-order valence-electron chi connectivity index (χ1n) is 8.28. The van der Waals surface area contributed by atoms with Crippen LogP contribution in [0.3, 0.4) is 0 Å². The molecule has 1 aliphatic heterocycles. The second kappa shape index (κ2) is 7.32. The number of halogens is 1. The Kier molecular flexibility index (Phi) is 4.70. The third-order valence-electron chi connectivity index (χ3n) is 4.12. The van der Waals surface area contributed by atoms with Gasteiger partial charge in [0, 0.05) is 10.0 Å². The van der Waals surface area contributed by atoms with Gasteiger partial charge in [-0.1, -0.05) is 28.1 Å². The van der Waals surface area contributed by atoms with Crippen LogP contribution in [0.25, 0.3) is 17.4 Å². The Morgan fingerprint density at radius 2 is 1.82 bits per heavy atom. The lowest BCUT2D eigenvalue weighted by Gasteiger charge is -2.25. The van der Waals surface area contributed by atoms with Crippen LogP contribution >= 0.6 is 15.9 Å². The van der Waals surface area contributed by atoms with Crippen molar-refractivity contribution in [3.8, 4) is 11.3 Å². The van der Waals surface area contributed by atoms with Gasteiger partial charge in [-0.25, -0.2) is 4.79 Å². The summed E-state index contributed by atoms with van der Waals surface area (Å²) in [6.07, 6.45) is 2.76. The first-order valence-corrected chi connectivity index (χ1v) is 9.07. The normalized spacial score (nSPS) is 16.0. The fraction of sp³-hybridized carbons (Fsp3) is 0.0500. The second-order valence-electron chi connectivity index (χ2n) is 6.00. The van der Waals surface area contributed by atoms with Crippen molar-refractivity contribution in [2.45, 2.75) is 6.54 Å². The van der Waals surface area contributed by atoms with E-state index in [1.165, 1.54) is 12.3 Å². The maximum atomic E-state index is 12.7. The van der Waals surface area contributed by atoms with E-state index in [0.717, 1.165) is 14.9 Å². The number of carbonyl (C=O) groups excluding carboxylic acids is 3.